The monoisotopic (exact) mass is 378 g/mol. The van der Waals surface area contributed by atoms with Gasteiger partial charge in [-0.15, -0.1) is 0 Å². The Morgan fingerprint density at radius 3 is 2.39 bits per heavy atom. The molecule has 0 radical (unpaired) electrons. The van der Waals surface area contributed by atoms with Crippen molar-refractivity contribution in [2.45, 2.75) is 26.3 Å². The molecule has 0 spiro atoms. The minimum absolute atomic E-state index is 0.0295. The standard InChI is InChI=1S/C22H22N2O4/c1-14(2)13-20(26)23-22(16-7-10-17(11-8-16)24(27)28)21-18-6-4-3-5-15(18)9-12-19(21)25/h3-12,14,22,25H,13H2,1-2H3,(H,23,26). The summed E-state index contributed by atoms with van der Waals surface area (Å²) in [5, 5.41) is 26.3. The van der Waals surface area contributed by atoms with E-state index in [2.05, 4.69) is 5.32 Å². The van der Waals surface area contributed by atoms with Crippen molar-refractivity contribution in [2.75, 3.05) is 0 Å². The number of carbonyl (C=O) groups excluding carboxylic acids is 1. The molecule has 6 heteroatoms. The number of aromatic hydroxyl groups is 1. The van der Waals surface area contributed by atoms with Gasteiger partial charge in [0.05, 0.1) is 11.0 Å². The van der Waals surface area contributed by atoms with E-state index in [-0.39, 0.29) is 23.3 Å². The van der Waals surface area contributed by atoms with E-state index in [4.69, 9.17) is 0 Å². The summed E-state index contributed by atoms with van der Waals surface area (Å²) in [6, 6.07) is 16.4. The number of phenolic OH excluding ortho intramolecular Hbond substituents is 1. The molecule has 1 atom stereocenters. The fourth-order valence-corrected chi connectivity index (χ4v) is 3.29. The first-order chi connectivity index (χ1) is 13.4. The van der Waals surface area contributed by atoms with E-state index >= 15 is 0 Å². The van der Waals surface area contributed by atoms with Crippen LogP contribution in [-0.4, -0.2) is 15.9 Å². The Bertz CT molecular complexity index is 1010. The summed E-state index contributed by atoms with van der Waals surface area (Å²) in [7, 11) is 0. The lowest BCUT2D eigenvalue weighted by Crippen LogP contribution is -2.30. The van der Waals surface area contributed by atoms with Gasteiger partial charge in [0.15, 0.2) is 0 Å². The number of rotatable bonds is 6. The number of phenols is 1. The van der Waals surface area contributed by atoms with Crippen LogP contribution in [0.1, 0.15) is 37.4 Å². The van der Waals surface area contributed by atoms with Gasteiger partial charge in [0.2, 0.25) is 5.91 Å². The van der Waals surface area contributed by atoms with Gasteiger partial charge in [-0.05, 0) is 40.5 Å². The zero-order valence-corrected chi connectivity index (χ0v) is 15.8. The van der Waals surface area contributed by atoms with Crippen LogP contribution in [-0.2, 0) is 4.79 Å². The molecule has 28 heavy (non-hydrogen) atoms. The number of nitro benzene ring substituents is 1. The maximum atomic E-state index is 12.5. The molecule has 1 unspecified atom stereocenters. The van der Waals surface area contributed by atoms with Crippen LogP contribution in [0.3, 0.4) is 0 Å². The molecule has 3 rings (SSSR count). The molecule has 0 saturated heterocycles. The second-order valence-corrected chi connectivity index (χ2v) is 7.17. The lowest BCUT2D eigenvalue weighted by atomic mass is 9.92. The first-order valence-electron chi connectivity index (χ1n) is 9.11. The van der Waals surface area contributed by atoms with Crippen molar-refractivity contribution in [3.05, 3.63) is 81.9 Å². The Balaban J connectivity index is 2.12. The topological polar surface area (TPSA) is 92.5 Å². The summed E-state index contributed by atoms with van der Waals surface area (Å²) in [6.45, 7) is 3.91. The zero-order valence-electron chi connectivity index (χ0n) is 15.8. The number of carbonyl (C=O) groups is 1. The molecule has 0 bridgehead atoms. The number of fused-ring (bicyclic) bond motifs is 1. The lowest BCUT2D eigenvalue weighted by Gasteiger charge is -2.23. The van der Waals surface area contributed by atoms with Gasteiger partial charge < -0.3 is 10.4 Å². The van der Waals surface area contributed by atoms with Crippen molar-refractivity contribution < 1.29 is 14.8 Å². The van der Waals surface area contributed by atoms with Crippen LogP contribution in [0, 0.1) is 16.0 Å². The maximum Gasteiger partial charge on any atom is 0.269 e. The molecule has 3 aromatic carbocycles. The molecule has 6 nitrogen and oxygen atoms in total. The average molecular weight is 378 g/mol. The number of hydrogen-bond donors (Lipinski definition) is 2. The van der Waals surface area contributed by atoms with Crippen molar-refractivity contribution >= 4 is 22.4 Å². The molecule has 0 aliphatic heterocycles. The van der Waals surface area contributed by atoms with E-state index in [1.807, 2.05) is 44.2 Å². The van der Waals surface area contributed by atoms with E-state index in [0.717, 1.165) is 10.8 Å². The SMILES string of the molecule is CC(C)CC(=O)NC(c1ccc([N+](=O)[O-])cc1)c1c(O)ccc2ccccc12. The predicted octanol–water partition coefficient (Wildman–Crippen LogP) is 4.71. The van der Waals surface area contributed by atoms with Crippen LogP contribution in [0.2, 0.25) is 0 Å². The van der Waals surface area contributed by atoms with Gasteiger partial charge in [-0.3, -0.25) is 14.9 Å². The van der Waals surface area contributed by atoms with Gasteiger partial charge in [-0.2, -0.15) is 0 Å². The molecule has 144 valence electrons. The van der Waals surface area contributed by atoms with Crippen LogP contribution in [0.15, 0.2) is 60.7 Å². The molecule has 0 aliphatic carbocycles. The highest BCUT2D eigenvalue weighted by molar-refractivity contribution is 5.89. The number of hydrogen-bond acceptors (Lipinski definition) is 4. The molecule has 0 heterocycles. The minimum atomic E-state index is -0.627. The van der Waals surface area contributed by atoms with Crippen molar-refractivity contribution in [2.24, 2.45) is 5.92 Å². The number of nitro groups is 1. The number of benzene rings is 3. The predicted molar refractivity (Wildman–Crippen MR) is 108 cm³/mol. The number of nitrogens with zero attached hydrogens (tertiary/aromatic N) is 1. The average Bonchev–Trinajstić information content (AvgIpc) is 2.66. The van der Waals surface area contributed by atoms with Gasteiger partial charge in [0, 0.05) is 24.1 Å². The van der Waals surface area contributed by atoms with E-state index in [0.29, 0.717) is 17.5 Å². The highest BCUT2D eigenvalue weighted by atomic mass is 16.6. The van der Waals surface area contributed by atoms with Gasteiger partial charge in [0.25, 0.3) is 5.69 Å². The van der Waals surface area contributed by atoms with Crippen molar-refractivity contribution in [1.82, 2.24) is 5.32 Å². The van der Waals surface area contributed by atoms with Crippen LogP contribution in [0.4, 0.5) is 5.69 Å². The first kappa shape index (κ1) is 19.4. The Hall–Kier alpha value is -3.41. The van der Waals surface area contributed by atoms with E-state index in [9.17, 15) is 20.0 Å². The molecular weight excluding hydrogens is 356 g/mol. The van der Waals surface area contributed by atoms with Crippen LogP contribution in [0.25, 0.3) is 10.8 Å². The summed E-state index contributed by atoms with van der Waals surface area (Å²) >= 11 is 0. The molecular formula is C22H22N2O4. The van der Waals surface area contributed by atoms with Gasteiger partial charge in [-0.25, -0.2) is 0 Å². The summed E-state index contributed by atoms with van der Waals surface area (Å²) in [5.41, 5.74) is 1.21. The van der Waals surface area contributed by atoms with Crippen LogP contribution < -0.4 is 5.32 Å². The molecule has 0 aliphatic rings. The van der Waals surface area contributed by atoms with Crippen molar-refractivity contribution in [3.8, 4) is 5.75 Å². The van der Waals surface area contributed by atoms with E-state index in [1.165, 1.54) is 12.1 Å². The smallest absolute Gasteiger partial charge is 0.269 e. The number of nitrogens with one attached hydrogen (secondary N) is 1. The van der Waals surface area contributed by atoms with Crippen LogP contribution in [0.5, 0.6) is 5.75 Å². The molecule has 0 saturated carbocycles. The fourth-order valence-electron chi connectivity index (χ4n) is 3.29. The second-order valence-electron chi connectivity index (χ2n) is 7.17. The summed E-state index contributed by atoms with van der Waals surface area (Å²) in [5.74, 6) is 0.0937. The third-order valence-corrected chi connectivity index (χ3v) is 4.57. The Labute approximate surface area is 163 Å². The van der Waals surface area contributed by atoms with Crippen LogP contribution >= 0.6 is 0 Å². The summed E-state index contributed by atoms with van der Waals surface area (Å²) < 4.78 is 0. The Morgan fingerprint density at radius 2 is 1.75 bits per heavy atom. The largest absolute Gasteiger partial charge is 0.508 e. The van der Waals surface area contributed by atoms with E-state index < -0.39 is 11.0 Å². The van der Waals surface area contributed by atoms with Gasteiger partial charge in [0.1, 0.15) is 5.75 Å². The number of non-ortho nitro benzene ring substituents is 1. The molecule has 1 amide bonds. The fraction of sp³-hybridized carbons (Fsp3) is 0.227. The zero-order chi connectivity index (χ0) is 20.3. The lowest BCUT2D eigenvalue weighted by molar-refractivity contribution is -0.384. The van der Waals surface area contributed by atoms with Crippen molar-refractivity contribution in [3.63, 3.8) is 0 Å². The van der Waals surface area contributed by atoms with Crippen molar-refractivity contribution in [1.29, 1.82) is 0 Å². The summed E-state index contributed by atoms with van der Waals surface area (Å²) in [6.07, 6.45) is 0.342. The Morgan fingerprint density at radius 1 is 1.07 bits per heavy atom. The van der Waals surface area contributed by atoms with E-state index in [1.54, 1.807) is 18.2 Å². The third-order valence-electron chi connectivity index (χ3n) is 4.57. The molecule has 2 N–H and O–H groups in total. The first-order valence-corrected chi connectivity index (χ1v) is 9.11. The quantitative estimate of drug-likeness (QED) is 0.480. The Kier molecular flexibility index (Phi) is 5.59. The molecule has 0 fully saturated rings. The maximum absolute atomic E-state index is 12.5. The summed E-state index contributed by atoms with van der Waals surface area (Å²) in [4.78, 5) is 23.0. The number of amides is 1. The normalized spacial score (nSPS) is 12.1. The molecule has 3 aromatic rings. The highest BCUT2D eigenvalue weighted by Crippen LogP contribution is 2.36. The third kappa shape index (κ3) is 4.11. The van der Waals surface area contributed by atoms with Gasteiger partial charge in [-0.1, -0.05) is 44.2 Å². The second kappa shape index (κ2) is 8.08. The van der Waals surface area contributed by atoms with Gasteiger partial charge >= 0.3 is 0 Å². The molecule has 0 aromatic heterocycles. The highest BCUT2D eigenvalue weighted by Gasteiger charge is 2.23. The minimum Gasteiger partial charge on any atom is -0.508 e.